The lowest BCUT2D eigenvalue weighted by Crippen LogP contribution is -2.57. The summed E-state index contributed by atoms with van der Waals surface area (Å²) in [4.78, 5) is 26.1. The summed E-state index contributed by atoms with van der Waals surface area (Å²) in [5.74, 6) is -0.358. The average Bonchev–Trinajstić information content (AvgIpc) is 3.48. The second kappa shape index (κ2) is 8.50. The number of carbonyl (C=O) groups excluding carboxylic acids is 2. The van der Waals surface area contributed by atoms with E-state index in [1.807, 2.05) is 6.92 Å². The number of nitrogens with zero attached hydrogens (tertiary/aromatic N) is 2. The van der Waals surface area contributed by atoms with Gasteiger partial charge in [0.05, 0.1) is 0 Å². The average molecular weight is 482 g/mol. The molecule has 0 unspecified atom stereocenters. The van der Waals surface area contributed by atoms with Gasteiger partial charge in [-0.1, -0.05) is 15.9 Å². The summed E-state index contributed by atoms with van der Waals surface area (Å²) in [6.07, 6.45) is 2.64. The van der Waals surface area contributed by atoms with Crippen LogP contribution in [0.1, 0.15) is 38.2 Å². The van der Waals surface area contributed by atoms with Gasteiger partial charge in [0, 0.05) is 54.6 Å². The van der Waals surface area contributed by atoms with Crippen LogP contribution in [-0.2, 0) is 4.74 Å². The van der Waals surface area contributed by atoms with Gasteiger partial charge in [-0.25, -0.2) is 19.4 Å². The van der Waals surface area contributed by atoms with E-state index in [1.54, 1.807) is 6.07 Å². The first-order chi connectivity index (χ1) is 14.3. The number of hydrogen-bond donors (Lipinski definition) is 3. The second-order valence-electron chi connectivity index (χ2n) is 8.17. The molecule has 1 aromatic rings. The van der Waals surface area contributed by atoms with E-state index in [0.717, 1.165) is 12.8 Å². The van der Waals surface area contributed by atoms with Gasteiger partial charge in [-0.2, -0.15) is 5.10 Å². The highest BCUT2D eigenvalue weighted by Crippen LogP contribution is 2.35. The molecule has 3 aliphatic rings. The van der Waals surface area contributed by atoms with Gasteiger partial charge in [-0.05, 0) is 38.0 Å². The third-order valence-electron chi connectivity index (χ3n) is 5.65. The Morgan fingerprint density at radius 2 is 2.17 bits per heavy atom. The predicted molar refractivity (Wildman–Crippen MR) is 113 cm³/mol. The number of urea groups is 1. The lowest BCUT2D eigenvalue weighted by Gasteiger charge is -2.43. The third-order valence-corrected chi connectivity index (χ3v) is 6.31. The molecule has 10 heteroatoms. The van der Waals surface area contributed by atoms with Gasteiger partial charge >= 0.3 is 12.1 Å². The Balaban J connectivity index is 1.40. The van der Waals surface area contributed by atoms with Crippen LogP contribution in [0, 0.1) is 5.82 Å². The number of likely N-dealkylation sites (tertiary alicyclic amines) is 1. The maximum atomic E-state index is 13.5. The van der Waals surface area contributed by atoms with Gasteiger partial charge in [0.25, 0.3) is 0 Å². The Kier molecular flexibility index (Phi) is 5.97. The molecule has 2 fully saturated rings. The molecular weight excluding hydrogens is 457 g/mol. The summed E-state index contributed by atoms with van der Waals surface area (Å²) in [6, 6.07) is 4.57. The van der Waals surface area contributed by atoms with Crippen molar-refractivity contribution < 1.29 is 18.7 Å². The summed E-state index contributed by atoms with van der Waals surface area (Å²) in [5, 5.41) is 10.2. The molecule has 3 N–H and O–H groups in total. The molecule has 3 amide bonds. The molecule has 1 aliphatic carbocycles. The molecule has 0 bridgehead atoms. The van der Waals surface area contributed by atoms with Crippen LogP contribution in [0.2, 0.25) is 0 Å². The minimum absolute atomic E-state index is 0.00671. The van der Waals surface area contributed by atoms with Crippen LogP contribution in [0.15, 0.2) is 27.8 Å². The van der Waals surface area contributed by atoms with Gasteiger partial charge in [-0.3, -0.25) is 0 Å². The molecule has 2 heterocycles. The SMILES string of the molecule is C[C@@H](CN1CCC2(CC1)OC(=O)NN=C2c1ccc(F)cc1Br)NC(=O)NC1CC1. The fraction of sp³-hybridized carbons (Fsp3) is 0.550. The molecule has 8 nitrogen and oxygen atoms in total. The first kappa shape index (κ1) is 21.0. The number of amides is 3. The van der Waals surface area contributed by atoms with Gasteiger partial charge < -0.3 is 20.3 Å². The van der Waals surface area contributed by atoms with Crippen molar-refractivity contribution in [3.8, 4) is 0 Å². The third kappa shape index (κ3) is 4.75. The van der Waals surface area contributed by atoms with E-state index in [0.29, 0.717) is 54.3 Å². The van der Waals surface area contributed by atoms with Gasteiger partial charge in [0.1, 0.15) is 11.5 Å². The molecule has 4 rings (SSSR count). The molecule has 1 atom stereocenters. The Labute approximate surface area is 182 Å². The van der Waals surface area contributed by atoms with Crippen molar-refractivity contribution in [2.45, 2.75) is 50.3 Å². The smallest absolute Gasteiger partial charge is 0.428 e. The second-order valence-corrected chi connectivity index (χ2v) is 9.03. The van der Waals surface area contributed by atoms with Crippen LogP contribution >= 0.6 is 15.9 Å². The van der Waals surface area contributed by atoms with Crippen LogP contribution in [0.25, 0.3) is 0 Å². The number of ether oxygens (including phenoxy) is 1. The van der Waals surface area contributed by atoms with Crippen molar-refractivity contribution in [2.24, 2.45) is 5.10 Å². The fourth-order valence-electron chi connectivity index (χ4n) is 3.99. The normalized spacial score (nSPS) is 22.0. The monoisotopic (exact) mass is 481 g/mol. The topological polar surface area (TPSA) is 95.1 Å². The molecule has 0 aromatic heterocycles. The number of hydrogen-bond acceptors (Lipinski definition) is 5. The van der Waals surface area contributed by atoms with Crippen molar-refractivity contribution in [3.05, 3.63) is 34.1 Å². The number of piperidine rings is 1. The molecule has 1 spiro atoms. The molecule has 1 saturated heterocycles. The summed E-state index contributed by atoms with van der Waals surface area (Å²) in [6.45, 7) is 4.04. The number of benzene rings is 1. The first-order valence-corrected chi connectivity index (χ1v) is 11.0. The van der Waals surface area contributed by atoms with Crippen molar-refractivity contribution in [1.29, 1.82) is 0 Å². The van der Waals surface area contributed by atoms with E-state index in [-0.39, 0.29) is 17.9 Å². The summed E-state index contributed by atoms with van der Waals surface area (Å²) in [7, 11) is 0. The van der Waals surface area contributed by atoms with Crippen LogP contribution in [-0.4, -0.2) is 60.1 Å². The Hall–Kier alpha value is -2.20. The van der Waals surface area contributed by atoms with Crippen molar-refractivity contribution >= 4 is 33.8 Å². The quantitative estimate of drug-likeness (QED) is 0.602. The maximum absolute atomic E-state index is 13.5. The number of halogens is 2. The summed E-state index contributed by atoms with van der Waals surface area (Å²) < 4.78 is 19.8. The largest absolute Gasteiger partial charge is 0.435 e. The van der Waals surface area contributed by atoms with E-state index < -0.39 is 11.7 Å². The van der Waals surface area contributed by atoms with E-state index in [9.17, 15) is 14.0 Å². The zero-order valence-electron chi connectivity index (χ0n) is 16.7. The molecule has 162 valence electrons. The minimum Gasteiger partial charge on any atom is -0.435 e. The lowest BCUT2D eigenvalue weighted by atomic mass is 9.82. The molecule has 2 aliphatic heterocycles. The summed E-state index contributed by atoms with van der Waals surface area (Å²) in [5.41, 5.74) is 2.79. The Bertz CT molecular complexity index is 868. The van der Waals surface area contributed by atoms with Gasteiger partial charge in [-0.15, -0.1) is 0 Å². The van der Waals surface area contributed by atoms with E-state index >= 15 is 0 Å². The van der Waals surface area contributed by atoms with Crippen LogP contribution in [0.5, 0.6) is 0 Å². The molecule has 30 heavy (non-hydrogen) atoms. The van der Waals surface area contributed by atoms with Gasteiger partial charge in [0.15, 0.2) is 5.60 Å². The van der Waals surface area contributed by atoms with Crippen LogP contribution < -0.4 is 16.1 Å². The van der Waals surface area contributed by atoms with Crippen LogP contribution in [0.4, 0.5) is 14.0 Å². The highest BCUT2D eigenvalue weighted by atomic mass is 79.9. The van der Waals surface area contributed by atoms with Crippen LogP contribution in [0.3, 0.4) is 0 Å². The number of carbonyl (C=O) groups is 2. The van der Waals surface area contributed by atoms with E-state index in [1.165, 1.54) is 12.1 Å². The zero-order chi connectivity index (χ0) is 21.3. The van der Waals surface area contributed by atoms with Crippen molar-refractivity contribution in [2.75, 3.05) is 19.6 Å². The molecule has 1 aromatic carbocycles. The summed E-state index contributed by atoms with van der Waals surface area (Å²) >= 11 is 3.39. The number of nitrogens with one attached hydrogen (secondary N) is 3. The lowest BCUT2D eigenvalue weighted by molar-refractivity contribution is 0.00506. The maximum Gasteiger partial charge on any atom is 0.428 e. The highest BCUT2D eigenvalue weighted by Gasteiger charge is 2.46. The number of rotatable bonds is 5. The molecule has 1 saturated carbocycles. The first-order valence-electron chi connectivity index (χ1n) is 10.2. The zero-order valence-corrected chi connectivity index (χ0v) is 18.3. The highest BCUT2D eigenvalue weighted by molar-refractivity contribution is 9.10. The molecular formula is C20H25BrFN5O3. The molecule has 0 radical (unpaired) electrons. The van der Waals surface area contributed by atoms with E-state index in [2.05, 4.69) is 42.0 Å². The van der Waals surface area contributed by atoms with Gasteiger partial charge in [0.2, 0.25) is 0 Å². The fourth-order valence-corrected chi connectivity index (χ4v) is 4.52. The number of hydrazone groups is 1. The van der Waals surface area contributed by atoms with E-state index in [4.69, 9.17) is 4.74 Å². The standard InChI is InChI=1S/C20H25BrFN5O3/c1-12(23-18(28)24-14-3-4-14)11-27-8-6-20(7-9-27)17(25-26-19(29)30-20)15-5-2-13(22)10-16(15)21/h2,5,10,12,14H,3-4,6-9,11H2,1H3,(H,26,29)(H2,23,24,28)/t12-/m0/s1. The van der Waals surface area contributed by atoms with Crippen molar-refractivity contribution in [3.63, 3.8) is 0 Å². The minimum atomic E-state index is -0.862. The Morgan fingerprint density at radius 1 is 1.43 bits per heavy atom. The van der Waals surface area contributed by atoms with Crippen molar-refractivity contribution in [1.82, 2.24) is 21.0 Å². The predicted octanol–water partition coefficient (Wildman–Crippen LogP) is 2.72. The Morgan fingerprint density at radius 3 is 2.83 bits per heavy atom.